The highest BCUT2D eigenvalue weighted by Gasteiger charge is 2.29. The molecule has 0 atom stereocenters. The van der Waals surface area contributed by atoms with E-state index in [9.17, 15) is 13.2 Å². The number of anilines is 4. The molecule has 0 radical (unpaired) electrons. The van der Waals surface area contributed by atoms with Gasteiger partial charge in [0.15, 0.2) is 0 Å². The number of hydrogen-bond acceptors (Lipinski definition) is 8. The van der Waals surface area contributed by atoms with Crippen molar-refractivity contribution < 1.29 is 13.2 Å². The van der Waals surface area contributed by atoms with E-state index in [1.165, 1.54) is 18.3 Å². The number of piperazine rings is 1. The summed E-state index contributed by atoms with van der Waals surface area (Å²) in [5.41, 5.74) is 4.29. The van der Waals surface area contributed by atoms with Crippen LogP contribution in [0.5, 0.6) is 0 Å². The number of rotatable bonds is 7. The minimum atomic E-state index is -3.41. The van der Waals surface area contributed by atoms with Gasteiger partial charge in [-0.05, 0) is 53.9 Å². The quantitative estimate of drug-likeness (QED) is 0.361. The summed E-state index contributed by atoms with van der Waals surface area (Å²) in [4.78, 5) is 22.3. The molecule has 0 unspecified atom stereocenters. The molecule has 0 bridgehead atoms. The number of carbonyl (C=O) groups is 1. The van der Waals surface area contributed by atoms with Crippen LogP contribution in [0.4, 0.5) is 23.0 Å². The molecule has 2 aromatic heterocycles. The normalized spacial score (nSPS) is 14.4. The molecule has 0 aliphatic carbocycles. The predicted molar refractivity (Wildman–Crippen MR) is 147 cm³/mol. The zero-order valence-electron chi connectivity index (χ0n) is 20.2. The molecule has 1 aliphatic rings. The molecule has 0 spiro atoms. The van der Waals surface area contributed by atoms with Crippen molar-refractivity contribution in [3.8, 4) is 11.3 Å². The Balaban J connectivity index is 1.20. The molecule has 1 fully saturated rings. The minimum Gasteiger partial charge on any atom is -0.369 e. The molecule has 1 amide bonds. The second-order valence-electron chi connectivity index (χ2n) is 8.52. The van der Waals surface area contributed by atoms with Gasteiger partial charge in [0.1, 0.15) is 4.21 Å². The number of sulfonamides is 1. The highest BCUT2D eigenvalue weighted by molar-refractivity contribution is 7.91. The Labute approximate surface area is 219 Å². The van der Waals surface area contributed by atoms with E-state index >= 15 is 0 Å². The van der Waals surface area contributed by atoms with Crippen molar-refractivity contribution >= 4 is 50.3 Å². The van der Waals surface area contributed by atoms with Crippen LogP contribution in [0.1, 0.15) is 6.92 Å². The number of nitrogens with zero attached hydrogens (tertiary/aromatic N) is 4. The monoisotopic (exact) mass is 534 g/mol. The third-order valence-corrected chi connectivity index (χ3v) is 9.24. The third-order valence-electron chi connectivity index (χ3n) is 5.97. The average Bonchev–Trinajstić information content (AvgIpc) is 3.46. The maximum atomic E-state index is 12.8. The second kappa shape index (κ2) is 10.7. The summed E-state index contributed by atoms with van der Waals surface area (Å²) in [5.74, 6) is 0.361. The number of nitrogens with one attached hydrogen (secondary N) is 2. The SMILES string of the molecule is CC(=O)Nc1ccc(-c2ccnc(Nc3ccc(N4CCN(S(=O)(=O)c5cccs5)CC4)cc3)n2)cc1. The maximum Gasteiger partial charge on any atom is 0.252 e. The smallest absolute Gasteiger partial charge is 0.252 e. The molecule has 190 valence electrons. The Kier molecular flexibility index (Phi) is 7.17. The number of thiophene rings is 1. The first-order valence-electron chi connectivity index (χ1n) is 11.8. The first kappa shape index (κ1) is 24.9. The van der Waals surface area contributed by atoms with E-state index in [0.29, 0.717) is 36.3 Å². The summed E-state index contributed by atoms with van der Waals surface area (Å²) in [6.45, 7) is 3.63. The van der Waals surface area contributed by atoms with Crippen LogP contribution in [-0.4, -0.2) is 54.8 Å². The molecule has 2 N–H and O–H groups in total. The Morgan fingerprint density at radius 3 is 2.27 bits per heavy atom. The number of benzene rings is 2. The highest BCUT2D eigenvalue weighted by atomic mass is 32.2. The van der Waals surface area contributed by atoms with Crippen molar-refractivity contribution in [1.82, 2.24) is 14.3 Å². The number of hydrogen-bond donors (Lipinski definition) is 2. The standard InChI is InChI=1S/C26H26N6O3S2/c1-19(33)28-21-6-4-20(5-7-21)24-12-13-27-26(30-24)29-22-8-10-23(11-9-22)31-14-16-32(17-15-31)37(34,35)25-3-2-18-36-25/h2-13,18H,14-17H2,1H3,(H,28,33)(H,27,29,30). The molecule has 1 saturated heterocycles. The van der Waals surface area contributed by atoms with Crippen molar-refractivity contribution in [2.75, 3.05) is 41.7 Å². The lowest BCUT2D eigenvalue weighted by Crippen LogP contribution is -2.48. The van der Waals surface area contributed by atoms with Crippen LogP contribution in [0.2, 0.25) is 0 Å². The van der Waals surface area contributed by atoms with Gasteiger partial charge in [-0.2, -0.15) is 4.31 Å². The number of aromatic nitrogens is 2. The van der Waals surface area contributed by atoms with Gasteiger partial charge in [-0.3, -0.25) is 4.79 Å². The molecule has 4 aromatic rings. The first-order valence-corrected chi connectivity index (χ1v) is 14.1. The molecule has 37 heavy (non-hydrogen) atoms. The molecule has 11 heteroatoms. The van der Waals surface area contributed by atoms with Gasteiger partial charge in [-0.15, -0.1) is 11.3 Å². The number of carbonyl (C=O) groups excluding carboxylic acids is 1. The van der Waals surface area contributed by atoms with Gasteiger partial charge in [0, 0.05) is 61.9 Å². The van der Waals surface area contributed by atoms with E-state index in [-0.39, 0.29) is 5.91 Å². The van der Waals surface area contributed by atoms with Crippen LogP contribution in [0.3, 0.4) is 0 Å². The van der Waals surface area contributed by atoms with Crippen molar-refractivity contribution in [3.05, 3.63) is 78.3 Å². The fraction of sp³-hybridized carbons (Fsp3) is 0.192. The lowest BCUT2D eigenvalue weighted by atomic mass is 10.1. The molecule has 0 saturated carbocycles. The van der Waals surface area contributed by atoms with Crippen molar-refractivity contribution in [2.45, 2.75) is 11.1 Å². The van der Waals surface area contributed by atoms with Crippen LogP contribution in [0.15, 0.2) is 82.5 Å². The summed E-state index contributed by atoms with van der Waals surface area (Å²) in [6.07, 6.45) is 1.70. The highest BCUT2D eigenvalue weighted by Crippen LogP contribution is 2.26. The largest absolute Gasteiger partial charge is 0.369 e. The second-order valence-corrected chi connectivity index (χ2v) is 11.6. The third kappa shape index (κ3) is 5.79. The van der Waals surface area contributed by atoms with Gasteiger partial charge >= 0.3 is 0 Å². The molecule has 3 heterocycles. The predicted octanol–water partition coefficient (Wildman–Crippen LogP) is 4.42. The van der Waals surface area contributed by atoms with Crippen LogP contribution >= 0.6 is 11.3 Å². The lowest BCUT2D eigenvalue weighted by molar-refractivity contribution is -0.114. The van der Waals surface area contributed by atoms with E-state index in [4.69, 9.17) is 0 Å². The Morgan fingerprint density at radius 2 is 1.62 bits per heavy atom. The minimum absolute atomic E-state index is 0.114. The fourth-order valence-corrected chi connectivity index (χ4v) is 6.68. The molecular weight excluding hydrogens is 508 g/mol. The first-order chi connectivity index (χ1) is 17.9. The van der Waals surface area contributed by atoms with Gasteiger partial charge in [0.05, 0.1) is 5.69 Å². The zero-order valence-corrected chi connectivity index (χ0v) is 21.8. The van der Waals surface area contributed by atoms with Gasteiger partial charge in [-0.25, -0.2) is 18.4 Å². The molecule has 1 aliphatic heterocycles. The van der Waals surface area contributed by atoms with Crippen molar-refractivity contribution in [1.29, 1.82) is 0 Å². The fourth-order valence-electron chi connectivity index (χ4n) is 4.12. The number of amides is 1. The van der Waals surface area contributed by atoms with Crippen molar-refractivity contribution in [2.24, 2.45) is 0 Å². The molecule has 5 rings (SSSR count). The van der Waals surface area contributed by atoms with Crippen LogP contribution in [0.25, 0.3) is 11.3 Å². The van der Waals surface area contributed by atoms with E-state index in [2.05, 4.69) is 25.5 Å². The molecule has 9 nitrogen and oxygen atoms in total. The van der Waals surface area contributed by atoms with Crippen LogP contribution in [-0.2, 0) is 14.8 Å². The van der Waals surface area contributed by atoms with E-state index in [0.717, 1.165) is 28.3 Å². The molecule has 2 aromatic carbocycles. The average molecular weight is 535 g/mol. The van der Waals surface area contributed by atoms with Crippen molar-refractivity contribution in [3.63, 3.8) is 0 Å². The van der Waals surface area contributed by atoms with Gasteiger partial charge in [0.2, 0.25) is 11.9 Å². The topological polar surface area (TPSA) is 108 Å². The summed E-state index contributed by atoms with van der Waals surface area (Å²) >= 11 is 1.25. The van der Waals surface area contributed by atoms with Gasteiger partial charge < -0.3 is 15.5 Å². The summed E-state index contributed by atoms with van der Waals surface area (Å²) in [7, 11) is -3.41. The van der Waals surface area contributed by atoms with Crippen LogP contribution in [0, 0.1) is 0 Å². The summed E-state index contributed by atoms with van der Waals surface area (Å²) in [5, 5.41) is 7.78. The van der Waals surface area contributed by atoms with E-state index in [1.54, 1.807) is 28.0 Å². The van der Waals surface area contributed by atoms with Crippen LogP contribution < -0.4 is 15.5 Å². The Bertz CT molecular complexity index is 1470. The lowest BCUT2D eigenvalue weighted by Gasteiger charge is -2.35. The maximum absolute atomic E-state index is 12.8. The van der Waals surface area contributed by atoms with Gasteiger partial charge in [-0.1, -0.05) is 18.2 Å². The Morgan fingerprint density at radius 1 is 0.919 bits per heavy atom. The van der Waals surface area contributed by atoms with E-state index < -0.39 is 10.0 Å². The van der Waals surface area contributed by atoms with E-state index in [1.807, 2.05) is 54.6 Å². The van der Waals surface area contributed by atoms with Gasteiger partial charge in [0.25, 0.3) is 10.0 Å². The summed E-state index contributed by atoms with van der Waals surface area (Å²) < 4.78 is 27.5. The Hall–Kier alpha value is -3.80. The summed E-state index contributed by atoms with van der Waals surface area (Å²) in [6, 6.07) is 20.7. The molecular formula is C26H26N6O3S2. The zero-order chi connectivity index (χ0) is 25.8.